The number of aliphatic hydroxyl groups is 1. The molecule has 1 aromatic rings. The van der Waals surface area contributed by atoms with Crippen LogP contribution in [0.3, 0.4) is 0 Å². The third-order valence-electron chi connectivity index (χ3n) is 2.94. The smallest absolute Gasteiger partial charge is 0.338 e. The van der Waals surface area contributed by atoms with E-state index in [2.05, 4.69) is 4.74 Å². The third-order valence-corrected chi connectivity index (χ3v) is 2.94. The predicted octanol–water partition coefficient (Wildman–Crippen LogP) is 1.90. The first-order valence-corrected chi connectivity index (χ1v) is 5.09. The lowest BCUT2D eigenvalue weighted by atomic mass is 9.99. The second-order valence-corrected chi connectivity index (χ2v) is 4.17. The van der Waals surface area contributed by atoms with Crippen molar-refractivity contribution in [1.29, 1.82) is 0 Å². The SMILES string of the molecule is COC(=O)c1cc(C2(O)CC2)c(F)cc1C. The highest BCUT2D eigenvalue weighted by molar-refractivity contribution is 5.91. The summed E-state index contributed by atoms with van der Waals surface area (Å²) >= 11 is 0. The zero-order valence-corrected chi connectivity index (χ0v) is 9.21. The highest BCUT2D eigenvalue weighted by Gasteiger charge is 2.44. The summed E-state index contributed by atoms with van der Waals surface area (Å²) in [6, 6.07) is 2.65. The molecule has 1 N–H and O–H groups in total. The van der Waals surface area contributed by atoms with E-state index in [0.717, 1.165) is 0 Å². The largest absolute Gasteiger partial charge is 0.465 e. The molecule has 2 rings (SSSR count). The molecule has 0 aliphatic heterocycles. The van der Waals surface area contributed by atoms with Gasteiger partial charge in [-0.15, -0.1) is 0 Å². The van der Waals surface area contributed by atoms with Crippen molar-refractivity contribution < 1.29 is 19.0 Å². The van der Waals surface area contributed by atoms with Crippen LogP contribution in [-0.2, 0) is 10.3 Å². The van der Waals surface area contributed by atoms with Gasteiger partial charge in [-0.2, -0.15) is 0 Å². The molecule has 86 valence electrons. The lowest BCUT2D eigenvalue weighted by molar-refractivity contribution is 0.0599. The molecule has 0 heterocycles. The highest BCUT2D eigenvalue weighted by Crippen LogP contribution is 2.46. The van der Waals surface area contributed by atoms with Gasteiger partial charge in [0.05, 0.1) is 18.3 Å². The van der Waals surface area contributed by atoms with E-state index in [9.17, 15) is 14.3 Å². The monoisotopic (exact) mass is 224 g/mol. The van der Waals surface area contributed by atoms with Crippen molar-refractivity contribution in [2.75, 3.05) is 7.11 Å². The average molecular weight is 224 g/mol. The minimum atomic E-state index is -1.08. The molecular weight excluding hydrogens is 211 g/mol. The van der Waals surface area contributed by atoms with Gasteiger partial charge in [0.15, 0.2) is 0 Å². The summed E-state index contributed by atoms with van der Waals surface area (Å²) < 4.78 is 18.2. The number of benzene rings is 1. The maximum atomic E-state index is 13.6. The molecule has 0 bridgehead atoms. The second-order valence-electron chi connectivity index (χ2n) is 4.17. The molecule has 0 amide bonds. The zero-order chi connectivity index (χ0) is 11.9. The van der Waals surface area contributed by atoms with Crippen LogP contribution in [0.15, 0.2) is 12.1 Å². The molecule has 1 saturated carbocycles. The summed E-state index contributed by atoms with van der Waals surface area (Å²) in [4.78, 5) is 11.4. The lowest BCUT2D eigenvalue weighted by Gasteiger charge is -2.12. The van der Waals surface area contributed by atoms with E-state index in [1.54, 1.807) is 6.92 Å². The van der Waals surface area contributed by atoms with Crippen LogP contribution in [0, 0.1) is 12.7 Å². The third kappa shape index (κ3) is 1.69. The summed E-state index contributed by atoms with van der Waals surface area (Å²) in [5.41, 5.74) is -0.0735. The van der Waals surface area contributed by atoms with Crippen molar-refractivity contribution in [3.63, 3.8) is 0 Å². The number of aryl methyl sites for hydroxylation is 1. The number of esters is 1. The van der Waals surface area contributed by atoms with Crippen molar-refractivity contribution in [2.45, 2.75) is 25.4 Å². The quantitative estimate of drug-likeness (QED) is 0.780. The second kappa shape index (κ2) is 3.56. The summed E-state index contributed by atoms with van der Waals surface area (Å²) in [5.74, 6) is -0.979. The Morgan fingerprint density at radius 2 is 2.12 bits per heavy atom. The average Bonchev–Trinajstić information content (AvgIpc) is 2.96. The van der Waals surface area contributed by atoms with E-state index in [-0.39, 0.29) is 5.56 Å². The van der Waals surface area contributed by atoms with Crippen LogP contribution >= 0.6 is 0 Å². The van der Waals surface area contributed by atoms with Crippen LogP contribution in [0.4, 0.5) is 4.39 Å². The molecule has 4 heteroatoms. The van der Waals surface area contributed by atoms with Gasteiger partial charge in [-0.25, -0.2) is 9.18 Å². The van der Waals surface area contributed by atoms with Gasteiger partial charge in [0.25, 0.3) is 0 Å². The molecule has 1 aliphatic carbocycles. The number of rotatable bonds is 2. The number of halogens is 1. The minimum Gasteiger partial charge on any atom is -0.465 e. The molecule has 1 fully saturated rings. The molecule has 1 aromatic carbocycles. The van der Waals surface area contributed by atoms with E-state index in [0.29, 0.717) is 24.0 Å². The Morgan fingerprint density at radius 3 is 2.62 bits per heavy atom. The Bertz CT molecular complexity index is 450. The normalized spacial score (nSPS) is 17.0. The first-order chi connectivity index (χ1) is 7.48. The van der Waals surface area contributed by atoms with Crippen molar-refractivity contribution in [3.8, 4) is 0 Å². The maximum Gasteiger partial charge on any atom is 0.338 e. The zero-order valence-electron chi connectivity index (χ0n) is 9.21. The Labute approximate surface area is 92.9 Å². The van der Waals surface area contributed by atoms with Crippen LogP contribution in [0.5, 0.6) is 0 Å². The van der Waals surface area contributed by atoms with E-state index in [1.165, 1.54) is 19.2 Å². The van der Waals surface area contributed by atoms with Crippen LogP contribution in [0.1, 0.15) is 34.3 Å². The summed E-state index contributed by atoms with van der Waals surface area (Å²) in [6.45, 7) is 1.63. The van der Waals surface area contributed by atoms with Crippen molar-refractivity contribution in [3.05, 3.63) is 34.6 Å². The number of hydrogen-bond donors (Lipinski definition) is 1. The molecule has 0 atom stereocenters. The lowest BCUT2D eigenvalue weighted by Crippen LogP contribution is -2.12. The number of carbonyl (C=O) groups is 1. The van der Waals surface area contributed by atoms with Crippen molar-refractivity contribution in [2.24, 2.45) is 0 Å². The fourth-order valence-corrected chi connectivity index (χ4v) is 1.75. The fourth-order valence-electron chi connectivity index (χ4n) is 1.75. The summed E-state index contributed by atoms with van der Waals surface area (Å²) in [5, 5.41) is 9.86. The number of carbonyl (C=O) groups excluding carboxylic acids is 1. The Balaban J connectivity index is 2.51. The van der Waals surface area contributed by atoms with E-state index < -0.39 is 17.4 Å². The van der Waals surface area contributed by atoms with Gasteiger partial charge in [-0.1, -0.05) is 0 Å². The predicted molar refractivity (Wildman–Crippen MR) is 55.6 cm³/mol. The maximum absolute atomic E-state index is 13.6. The standard InChI is InChI=1S/C12H13FO3/c1-7-5-10(13)9(12(15)3-4-12)6-8(7)11(14)16-2/h5-6,15H,3-4H2,1-2H3. The van der Waals surface area contributed by atoms with Crippen LogP contribution in [-0.4, -0.2) is 18.2 Å². The van der Waals surface area contributed by atoms with Crippen LogP contribution in [0.25, 0.3) is 0 Å². The van der Waals surface area contributed by atoms with Gasteiger partial charge in [0.2, 0.25) is 0 Å². The molecule has 16 heavy (non-hydrogen) atoms. The summed E-state index contributed by atoms with van der Waals surface area (Å²) in [6.07, 6.45) is 1.07. The number of hydrogen-bond acceptors (Lipinski definition) is 3. The molecule has 0 aromatic heterocycles. The molecular formula is C12H13FO3. The van der Waals surface area contributed by atoms with E-state index in [1.807, 2.05) is 0 Å². The van der Waals surface area contributed by atoms with Crippen molar-refractivity contribution in [1.82, 2.24) is 0 Å². The van der Waals surface area contributed by atoms with Crippen molar-refractivity contribution >= 4 is 5.97 Å². The fraction of sp³-hybridized carbons (Fsp3) is 0.417. The van der Waals surface area contributed by atoms with Crippen LogP contribution in [0.2, 0.25) is 0 Å². The molecule has 3 nitrogen and oxygen atoms in total. The van der Waals surface area contributed by atoms with E-state index in [4.69, 9.17) is 0 Å². The van der Waals surface area contributed by atoms with Gasteiger partial charge >= 0.3 is 5.97 Å². The van der Waals surface area contributed by atoms with Gasteiger partial charge in [0, 0.05) is 5.56 Å². The highest BCUT2D eigenvalue weighted by atomic mass is 19.1. The Kier molecular flexibility index (Phi) is 2.46. The molecule has 0 spiro atoms. The molecule has 0 radical (unpaired) electrons. The topological polar surface area (TPSA) is 46.5 Å². The summed E-state index contributed by atoms with van der Waals surface area (Å²) in [7, 11) is 1.27. The van der Waals surface area contributed by atoms with Gasteiger partial charge in [0.1, 0.15) is 5.82 Å². The van der Waals surface area contributed by atoms with Crippen LogP contribution < -0.4 is 0 Å². The Morgan fingerprint density at radius 1 is 1.50 bits per heavy atom. The first-order valence-electron chi connectivity index (χ1n) is 5.09. The first kappa shape index (κ1) is 11.1. The number of ether oxygens (including phenoxy) is 1. The van der Waals surface area contributed by atoms with Gasteiger partial charge < -0.3 is 9.84 Å². The van der Waals surface area contributed by atoms with Gasteiger partial charge in [-0.3, -0.25) is 0 Å². The molecule has 0 saturated heterocycles. The minimum absolute atomic E-state index is 0.193. The van der Waals surface area contributed by atoms with E-state index >= 15 is 0 Å². The Hall–Kier alpha value is -1.42. The number of methoxy groups -OCH3 is 1. The molecule has 1 aliphatic rings. The molecule has 0 unspecified atom stereocenters. The van der Waals surface area contributed by atoms with Gasteiger partial charge in [-0.05, 0) is 37.5 Å².